The van der Waals surface area contributed by atoms with Crippen molar-refractivity contribution in [3.63, 3.8) is 0 Å². The van der Waals surface area contributed by atoms with Gasteiger partial charge in [0.1, 0.15) is 16.5 Å². The molecule has 108 valence electrons. The van der Waals surface area contributed by atoms with Crippen molar-refractivity contribution in [3.8, 4) is 0 Å². The zero-order chi connectivity index (χ0) is 14.1. The average Bonchev–Trinajstić information content (AvgIpc) is 3.05. The first-order chi connectivity index (χ1) is 9.69. The van der Waals surface area contributed by atoms with Gasteiger partial charge in [-0.1, -0.05) is 12.8 Å². The van der Waals surface area contributed by atoms with Crippen molar-refractivity contribution >= 4 is 39.1 Å². The van der Waals surface area contributed by atoms with Crippen molar-refractivity contribution in [2.24, 2.45) is 0 Å². The molecule has 20 heavy (non-hydrogen) atoms. The third kappa shape index (κ3) is 2.66. The highest BCUT2D eigenvalue weighted by atomic mass is 32.2. The SMILES string of the molecule is CNc1nc(CSC2CCCC2)nc2sc(C)c(C)c12. The van der Waals surface area contributed by atoms with Crippen molar-refractivity contribution in [3.05, 3.63) is 16.3 Å². The average molecular weight is 307 g/mol. The molecule has 2 heterocycles. The molecule has 5 heteroatoms. The van der Waals surface area contributed by atoms with Crippen LogP contribution in [0.4, 0.5) is 5.82 Å². The second kappa shape index (κ2) is 5.90. The molecule has 0 spiro atoms. The third-order valence-corrected chi connectivity index (χ3v) is 6.53. The van der Waals surface area contributed by atoms with Gasteiger partial charge in [0.05, 0.1) is 11.1 Å². The van der Waals surface area contributed by atoms with Crippen molar-refractivity contribution < 1.29 is 0 Å². The van der Waals surface area contributed by atoms with Gasteiger partial charge in [-0.25, -0.2) is 9.97 Å². The summed E-state index contributed by atoms with van der Waals surface area (Å²) < 4.78 is 0. The predicted molar refractivity (Wildman–Crippen MR) is 90.0 cm³/mol. The van der Waals surface area contributed by atoms with Gasteiger partial charge in [0.2, 0.25) is 0 Å². The van der Waals surface area contributed by atoms with Crippen LogP contribution < -0.4 is 5.32 Å². The minimum absolute atomic E-state index is 0.819. The maximum atomic E-state index is 4.77. The van der Waals surface area contributed by atoms with Crippen LogP contribution in [0.25, 0.3) is 10.2 Å². The highest BCUT2D eigenvalue weighted by molar-refractivity contribution is 7.99. The Bertz CT molecular complexity index is 615. The van der Waals surface area contributed by atoms with E-state index in [1.807, 2.05) is 18.8 Å². The molecule has 1 fully saturated rings. The Morgan fingerprint density at radius 1 is 1.25 bits per heavy atom. The van der Waals surface area contributed by atoms with Gasteiger partial charge in [-0.15, -0.1) is 11.3 Å². The number of fused-ring (bicyclic) bond motifs is 1. The summed E-state index contributed by atoms with van der Waals surface area (Å²) in [5.74, 6) is 2.89. The molecule has 0 aliphatic heterocycles. The van der Waals surface area contributed by atoms with E-state index in [9.17, 15) is 0 Å². The summed E-state index contributed by atoms with van der Waals surface area (Å²) in [5, 5.41) is 5.26. The van der Waals surface area contributed by atoms with Crippen LogP contribution in [0.5, 0.6) is 0 Å². The Balaban J connectivity index is 1.87. The summed E-state index contributed by atoms with van der Waals surface area (Å²) in [7, 11) is 1.95. The summed E-state index contributed by atoms with van der Waals surface area (Å²) >= 11 is 3.81. The number of hydrogen-bond acceptors (Lipinski definition) is 5. The smallest absolute Gasteiger partial charge is 0.142 e. The molecule has 1 aliphatic carbocycles. The Hall–Kier alpha value is -0.810. The molecule has 0 bridgehead atoms. The highest BCUT2D eigenvalue weighted by Crippen LogP contribution is 2.35. The third-order valence-electron chi connectivity index (χ3n) is 4.06. The molecule has 0 unspecified atom stereocenters. The number of thiophene rings is 1. The van der Waals surface area contributed by atoms with Gasteiger partial charge in [-0.05, 0) is 32.3 Å². The number of anilines is 1. The van der Waals surface area contributed by atoms with Crippen LogP contribution in [0.15, 0.2) is 0 Å². The lowest BCUT2D eigenvalue weighted by Gasteiger charge is -2.09. The first-order valence-electron chi connectivity index (χ1n) is 7.25. The predicted octanol–water partition coefficient (Wildman–Crippen LogP) is 4.53. The van der Waals surface area contributed by atoms with E-state index in [0.29, 0.717) is 0 Å². The first kappa shape index (κ1) is 14.1. The van der Waals surface area contributed by atoms with E-state index >= 15 is 0 Å². The van der Waals surface area contributed by atoms with Crippen LogP contribution in [-0.2, 0) is 5.75 Å². The van der Waals surface area contributed by atoms with Gasteiger partial charge in [-0.2, -0.15) is 11.8 Å². The Labute approximate surface area is 128 Å². The monoisotopic (exact) mass is 307 g/mol. The molecule has 0 radical (unpaired) electrons. The molecule has 1 saturated carbocycles. The molecule has 3 rings (SSSR count). The number of hydrogen-bond donors (Lipinski definition) is 1. The van der Waals surface area contributed by atoms with Crippen molar-refractivity contribution in [1.82, 2.24) is 9.97 Å². The van der Waals surface area contributed by atoms with Crippen molar-refractivity contribution in [2.45, 2.75) is 50.5 Å². The Morgan fingerprint density at radius 3 is 2.70 bits per heavy atom. The Morgan fingerprint density at radius 2 is 2.00 bits per heavy atom. The lowest BCUT2D eigenvalue weighted by atomic mass is 10.2. The topological polar surface area (TPSA) is 37.8 Å². The fraction of sp³-hybridized carbons (Fsp3) is 0.600. The zero-order valence-electron chi connectivity index (χ0n) is 12.3. The van der Waals surface area contributed by atoms with E-state index in [2.05, 4.69) is 19.2 Å². The quantitative estimate of drug-likeness (QED) is 0.901. The molecule has 1 N–H and O–H groups in total. The van der Waals surface area contributed by atoms with E-state index in [1.54, 1.807) is 11.3 Å². The second-order valence-electron chi connectivity index (χ2n) is 5.42. The normalized spacial score (nSPS) is 16.1. The van der Waals surface area contributed by atoms with Crippen LogP contribution in [0.2, 0.25) is 0 Å². The molecule has 2 aromatic heterocycles. The maximum absolute atomic E-state index is 4.77. The molecule has 0 saturated heterocycles. The summed E-state index contributed by atoms with van der Waals surface area (Å²) in [5.41, 5.74) is 1.31. The molecule has 0 atom stereocenters. The lowest BCUT2D eigenvalue weighted by Crippen LogP contribution is -2.02. The fourth-order valence-corrected chi connectivity index (χ4v) is 5.02. The van der Waals surface area contributed by atoms with Crippen LogP contribution >= 0.6 is 23.1 Å². The molecule has 2 aromatic rings. The van der Waals surface area contributed by atoms with Crippen LogP contribution in [0, 0.1) is 13.8 Å². The maximum Gasteiger partial charge on any atom is 0.142 e. The van der Waals surface area contributed by atoms with Gasteiger partial charge < -0.3 is 5.32 Å². The van der Waals surface area contributed by atoms with Gasteiger partial charge in [0.15, 0.2) is 0 Å². The van der Waals surface area contributed by atoms with E-state index in [1.165, 1.54) is 41.5 Å². The van der Waals surface area contributed by atoms with Gasteiger partial charge in [-0.3, -0.25) is 0 Å². The zero-order valence-corrected chi connectivity index (χ0v) is 14.0. The minimum Gasteiger partial charge on any atom is -0.372 e. The standard InChI is InChI=1S/C15H21N3S2/c1-9-10(2)20-15-13(9)14(16-3)17-12(18-15)8-19-11-6-4-5-7-11/h11H,4-8H2,1-3H3,(H,16,17,18). The second-order valence-corrected chi connectivity index (χ2v) is 7.91. The summed E-state index contributed by atoms with van der Waals surface area (Å²) in [6, 6.07) is 0. The Kier molecular flexibility index (Phi) is 4.17. The molecular formula is C15H21N3S2. The van der Waals surface area contributed by atoms with Crippen LogP contribution in [0.1, 0.15) is 41.9 Å². The first-order valence-corrected chi connectivity index (χ1v) is 9.11. The number of aryl methyl sites for hydroxylation is 2. The van der Waals surface area contributed by atoms with E-state index < -0.39 is 0 Å². The van der Waals surface area contributed by atoms with Crippen LogP contribution in [0.3, 0.4) is 0 Å². The molecule has 0 amide bonds. The van der Waals surface area contributed by atoms with Gasteiger partial charge >= 0.3 is 0 Å². The number of thioether (sulfide) groups is 1. The van der Waals surface area contributed by atoms with E-state index in [4.69, 9.17) is 9.97 Å². The van der Waals surface area contributed by atoms with Gasteiger partial charge in [0.25, 0.3) is 0 Å². The molecule has 0 aromatic carbocycles. The number of nitrogens with one attached hydrogen (secondary N) is 1. The lowest BCUT2D eigenvalue weighted by molar-refractivity contribution is 0.886. The summed E-state index contributed by atoms with van der Waals surface area (Å²) in [6.07, 6.45) is 5.51. The number of aromatic nitrogens is 2. The van der Waals surface area contributed by atoms with E-state index in [0.717, 1.165) is 27.5 Å². The largest absolute Gasteiger partial charge is 0.372 e. The molecular weight excluding hydrogens is 286 g/mol. The summed E-state index contributed by atoms with van der Waals surface area (Å²) in [6.45, 7) is 4.32. The molecule has 3 nitrogen and oxygen atoms in total. The summed E-state index contributed by atoms with van der Waals surface area (Å²) in [4.78, 5) is 12.0. The number of nitrogens with zero attached hydrogens (tertiary/aromatic N) is 2. The number of rotatable bonds is 4. The fourth-order valence-electron chi connectivity index (χ4n) is 2.79. The van der Waals surface area contributed by atoms with E-state index in [-0.39, 0.29) is 0 Å². The van der Waals surface area contributed by atoms with Gasteiger partial charge in [0, 0.05) is 17.2 Å². The molecule has 1 aliphatic rings. The highest BCUT2D eigenvalue weighted by Gasteiger charge is 2.17. The minimum atomic E-state index is 0.819. The van der Waals surface area contributed by atoms with Crippen molar-refractivity contribution in [1.29, 1.82) is 0 Å². The van der Waals surface area contributed by atoms with Crippen LogP contribution in [-0.4, -0.2) is 22.3 Å². The van der Waals surface area contributed by atoms with Crippen molar-refractivity contribution in [2.75, 3.05) is 12.4 Å².